The van der Waals surface area contributed by atoms with Crippen molar-refractivity contribution < 1.29 is 9.53 Å². The normalized spacial score (nSPS) is 11.2. The molecular formula is C22H18N2O2. The lowest BCUT2D eigenvalue weighted by Crippen LogP contribution is -2.29. The molecule has 0 aliphatic heterocycles. The van der Waals surface area contributed by atoms with E-state index in [0.29, 0.717) is 11.1 Å². The molecule has 0 radical (unpaired) electrons. The molecule has 0 saturated heterocycles. The number of amides is 1. The first-order chi connectivity index (χ1) is 12.7. The molecule has 0 bridgehead atoms. The monoisotopic (exact) mass is 342 g/mol. The molecule has 3 aromatic carbocycles. The van der Waals surface area contributed by atoms with Gasteiger partial charge in [-0.1, -0.05) is 48.5 Å². The topological polar surface area (TPSA) is 62.1 Å². The van der Waals surface area contributed by atoms with E-state index in [9.17, 15) is 4.79 Å². The van der Waals surface area contributed by atoms with Crippen LogP contribution in [0.25, 0.3) is 0 Å². The molecule has 0 aromatic heterocycles. The van der Waals surface area contributed by atoms with Gasteiger partial charge < -0.3 is 10.1 Å². The molecule has 0 aliphatic carbocycles. The van der Waals surface area contributed by atoms with E-state index in [2.05, 4.69) is 11.4 Å². The largest absolute Gasteiger partial charge is 0.497 e. The molecule has 0 aliphatic rings. The molecular weight excluding hydrogens is 324 g/mol. The van der Waals surface area contributed by atoms with Gasteiger partial charge in [0.25, 0.3) is 5.91 Å². The predicted octanol–water partition coefficient (Wildman–Crippen LogP) is 4.09. The molecule has 4 nitrogen and oxygen atoms in total. The molecule has 0 fully saturated rings. The standard InChI is InChI=1S/C22H18N2O2/c1-26-20-12-10-18(11-13-20)21(17-7-3-2-4-8-17)24-22(25)19-9-5-6-16(14-19)15-23/h2-14,21H,1H3,(H,24,25)/t21-/m1/s1. The number of ether oxygens (including phenoxy) is 1. The number of nitrogens with zero attached hydrogens (tertiary/aromatic N) is 1. The summed E-state index contributed by atoms with van der Waals surface area (Å²) in [6, 6.07) is 25.8. The maximum atomic E-state index is 12.7. The number of carbonyl (C=O) groups is 1. The lowest BCUT2D eigenvalue weighted by atomic mass is 9.98. The van der Waals surface area contributed by atoms with Crippen LogP contribution in [0.1, 0.15) is 33.1 Å². The SMILES string of the molecule is COc1ccc([C@H](NC(=O)c2cccc(C#N)c2)c2ccccc2)cc1. The smallest absolute Gasteiger partial charge is 0.252 e. The fourth-order valence-corrected chi connectivity index (χ4v) is 2.75. The summed E-state index contributed by atoms with van der Waals surface area (Å²) in [5.74, 6) is 0.528. The Hall–Kier alpha value is -3.58. The molecule has 26 heavy (non-hydrogen) atoms. The average molecular weight is 342 g/mol. The first-order valence-electron chi connectivity index (χ1n) is 8.21. The Morgan fingerprint density at radius 2 is 1.65 bits per heavy atom. The second-order valence-corrected chi connectivity index (χ2v) is 5.78. The van der Waals surface area contributed by atoms with E-state index in [1.54, 1.807) is 31.4 Å². The highest BCUT2D eigenvalue weighted by atomic mass is 16.5. The summed E-state index contributed by atoms with van der Waals surface area (Å²) in [6.07, 6.45) is 0. The number of methoxy groups -OCH3 is 1. The van der Waals surface area contributed by atoms with E-state index >= 15 is 0 Å². The minimum atomic E-state index is -0.305. The molecule has 1 N–H and O–H groups in total. The molecule has 1 atom stereocenters. The molecule has 4 heteroatoms. The van der Waals surface area contributed by atoms with Crippen molar-refractivity contribution in [2.75, 3.05) is 7.11 Å². The first-order valence-corrected chi connectivity index (χ1v) is 8.21. The summed E-state index contributed by atoms with van der Waals surface area (Å²) in [5, 5.41) is 12.1. The van der Waals surface area contributed by atoms with Crippen molar-refractivity contribution in [2.45, 2.75) is 6.04 Å². The van der Waals surface area contributed by atoms with Crippen molar-refractivity contribution in [3.63, 3.8) is 0 Å². The van der Waals surface area contributed by atoms with Gasteiger partial charge in [-0.05, 0) is 41.5 Å². The second-order valence-electron chi connectivity index (χ2n) is 5.78. The molecule has 3 rings (SSSR count). The summed E-state index contributed by atoms with van der Waals surface area (Å²) < 4.78 is 5.21. The van der Waals surface area contributed by atoms with Gasteiger partial charge in [-0.2, -0.15) is 5.26 Å². The quantitative estimate of drug-likeness (QED) is 0.760. The van der Waals surface area contributed by atoms with Gasteiger partial charge in [0.05, 0.1) is 24.8 Å². The molecule has 0 heterocycles. The highest BCUT2D eigenvalue weighted by Gasteiger charge is 2.18. The maximum Gasteiger partial charge on any atom is 0.252 e. The predicted molar refractivity (Wildman–Crippen MR) is 99.9 cm³/mol. The van der Waals surface area contributed by atoms with Crippen LogP contribution in [0, 0.1) is 11.3 Å². The molecule has 0 spiro atoms. The molecule has 0 saturated carbocycles. The summed E-state index contributed by atoms with van der Waals surface area (Å²) >= 11 is 0. The van der Waals surface area contributed by atoms with E-state index in [1.165, 1.54) is 0 Å². The zero-order valence-electron chi connectivity index (χ0n) is 14.3. The number of rotatable bonds is 5. The van der Waals surface area contributed by atoms with Crippen LogP contribution in [0.3, 0.4) is 0 Å². The van der Waals surface area contributed by atoms with Crippen LogP contribution >= 0.6 is 0 Å². The van der Waals surface area contributed by atoms with Gasteiger partial charge in [0.2, 0.25) is 0 Å². The van der Waals surface area contributed by atoms with Gasteiger partial charge in [-0.3, -0.25) is 4.79 Å². The number of carbonyl (C=O) groups excluding carboxylic acids is 1. The zero-order chi connectivity index (χ0) is 18.4. The van der Waals surface area contributed by atoms with Crippen molar-refractivity contribution >= 4 is 5.91 Å². The van der Waals surface area contributed by atoms with Gasteiger partial charge in [0, 0.05) is 5.56 Å². The van der Waals surface area contributed by atoms with Crippen LogP contribution in [-0.2, 0) is 0 Å². The minimum Gasteiger partial charge on any atom is -0.497 e. The van der Waals surface area contributed by atoms with Crippen LogP contribution in [-0.4, -0.2) is 13.0 Å². The minimum absolute atomic E-state index is 0.230. The Bertz CT molecular complexity index is 928. The molecule has 0 unspecified atom stereocenters. The van der Waals surface area contributed by atoms with Gasteiger partial charge >= 0.3 is 0 Å². The third-order valence-corrected chi connectivity index (χ3v) is 4.11. The molecule has 3 aromatic rings. The van der Waals surface area contributed by atoms with E-state index in [1.807, 2.05) is 54.6 Å². The van der Waals surface area contributed by atoms with Crippen LogP contribution in [0.2, 0.25) is 0 Å². The fraction of sp³-hybridized carbons (Fsp3) is 0.0909. The summed E-state index contributed by atoms with van der Waals surface area (Å²) in [6.45, 7) is 0. The van der Waals surface area contributed by atoms with Gasteiger partial charge in [-0.15, -0.1) is 0 Å². The zero-order valence-corrected chi connectivity index (χ0v) is 14.3. The van der Waals surface area contributed by atoms with Crippen molar-refractivity contribution in [2.24, 2.45) is 0 Å². The Morgan fingerprint density at radius 3 is 2.31 bits per heavy atom. The maximum absolute atomic E-state index is 12.7. The Labute approximate surface area is 152 Å². The number of benzene rings is 3. The van der Waals surface area contributed by atoms with Crippen LogP contribution < -0.4 is 10.1 Å². The van der Waals surface area contributed by atoms with Gasteiger partial charge in [0.15, 0.2) is 0 Å². The number of hydrogen-bond acceptors (Lipinski definition) is 3. The number of hydrogen-bond donors (Lipinski definition) is 1. The van der Waals surface area contributed by atoms with E-state index in [0.717, 1.165) is 16.9 Å². The first kappa shape index (κ1) is 17.2. The summed E-state index contributed by atoms with van der Waals surface area (Å²) in [7, 11) is 1.62. The van der Waals surface area contributed by atoms with E-state index < -0.39 is 0 Å². The lowest BCUT2D eigenvalue weighted by molar-refractivity contribution is 0.0943. The Balaban J connectivity index is 1.93. The van der Waals surface area contributed by atoms with Crippen molar-refractivity contribution in [1.29, 1.82) is 5.26 Å². The summed E-state index contributed by atoms with van der Waals surface area (Å²) in [4.78, 5) is 12.7. The number of nitrogens with one attached hydrogen (secondary N) is 1. The van der Waals surface area contributed by atoms with Crippen molar-refractivity contribution in [3.8, 4) is 11.8 Å². The third kappa shape index (κ3) is 3.90. The van der Waals surface area contributed by atoms with Crippen molar-refractivity contribution in [1.82, 2.24) is 5.32 Å². The van der Waals surface area contributed by atoms with Gasteiger partial charge in [0.1, 0.15) is 5.75 Å². The van der Waals surface area contributed by atoms with Crippen molar-refractivity contribution in [3.05, 3.63) is 101 Å². The van der Waals surface area contributed by atoms with E-state index in [4.69, 9.17) is 10.00 Å². The average Bonchev–Trinajstić information content (AvgIpc) is 2.72. The highest BCUT2D eigenvalue weighted by Crippen LogP contribution is 2.24. The van der Waals surface area contributed by atoms with E-state index in [-0.39, 0.29) is 11.9 Å². The van der Waals surface area contributed by atoms with Crippen LogP contribution in [0.15, 0.2) is 78.9 Å². The Kier molecular flexibility index (Phi) is 5.31. The molecule has 128 valence electrons. The second kappa shape index (κ2) is 8.00. The lowest BCUT2D eigenvalue weighted by Gasteiger charge is -2.20. The Morgan fingerprint density at radius 1 is 0.962 bits per heavy atom. The van der Waals surface area contributed by atoms with Crippen LogP contribution in [0.4, 0.5) is 0 Å². The summed E-state index contributed by atoms with van der Waals surface area (Å²) in [5.41, 5.74) is 2.83. The fourth-order valence-electron chi connectivity index (χ4n) is 2.75. The van der Waals surface area contributed by atoms with Gasteiger partial charge in [-0.25, -0.2) is 0 Å². The highest BCUT2D eigenvalue weighted by molar-refractivity contribution is 5.95. The van der Waals surface area contributed by atoms with Crippen LogP contribution in [0.5, 0.6) is 5.75 Å². The molecule has 1 amide bonds. The third-order valence-electron chi connectivity index (χ3n) is 4.11. The number of nitriles is 1.